The van der Waals surface area contributed by atoms with E-state index in [4.69, 9.17) is 11.6 Å². The van der Waals surface area contributed by atoms with Gasteiger partial charge in [-0.15, -0.1) is 0 Å². The van der Waals surface area contributed by atoms with Crippen molar-refractivity contribution in [2.45, 2.75) is 25.8 Å². The first-order valence-electron chi connectivity index (χ1n) is 8.05. The first-order chi connectivity index (χ1) is 10.6. The molecule has 1 aromatic carbocycles. The molecule has 1 N–H and O–H groups in total. The molecule has 1 aromatic rings. The zero-order valence-electron chi connectivity index (χ0n) is 13.5. The first-order valence-corrected chi connectivity index (χ1v) is 8.42. The molecule has 0 aliphatic carbocycles. The number of hydrogen-bond acceptors (Lipinski definition) is 3. The summed E-state index contributed by atoms with van der Waals surface area (Å²) in [6.07, 6.45) is 1.47. The molecule has 4 nitrogen and oxygen atoms in total. The van der Waals surface area contributed by atoms with Crippen molar-refractivity contribution in [3.63, 3.8) is 0 Å². The van der Waals surface area contributed by atoms with Gasteiger partial charge in [0.2, 0.25) is 5.91 Å². The summed E-state index contributed by atoms with van der Waals surface area (Å²) in [6, 6.07) is 8.20. The first kappa shape index (κ1) is 17.3. The number of nitrogens with one attached hydrogen (secondary N) is 1. The van der Waals surface area contributed by atoms with Gasteiger partial charge in [-0.3, -0.25) is 9.69 Å². The maximum Gasteiger partial charge on any atom is 0.220 e. The summed E-state index contributed by atoms with van der Waals surface area (Å²) in [7, 11) is 2.15. The summed E-state index contributed by atoms with van der Waals surface area (Å²) in [5.74, 6) is 0.135. The number of likely N-dealkylation sites (N-methyl/N-ethyl adjacent to an activating group) is 1. The van der Waals surface area contributed by atoms with Gasteiger partial charge in [-0.25, -0.2) is 0 Å². The Morgan fingerprint density at radius 2 is 1.86 bits per heavy atom. The van der Waals surface area contributed by atoms with Gasteiger partial charge in [0.05, 0.1) is 6.04 Å². The van der Waals surface area contributed by atoms with Crippen LogP contribution in [0.5, 0.6) is 0 Å². The van der Waals surface area contributed by atoms with E-state index >= 15 is 0 Å². The molecule has 1 atom stereocenters. The second kappa shape index (κ2) is 8.51. The highest BCUT2D eigenvalue weighted by atomic mass is 35.5. The Hall–Kier alpha value is -1.10. The minimum atomic E-state index is 0.135. The molecule has 122 valence electrons. The second-order valence-corrected chi connectivity index (χ2v) is 6.40. The minimum absolute atomic E-state index is 0.135. The maximum absolute atomic E-state index is 11.8. The van der Waals surface area contributed by atoms with Crippen LogP contribution in [0.3, 0.4) is 0 Å². The molecule has 1 heterocycles. The minimum Gasteiger partial charge on any atom is -0.354 e. The Kier molecular flexibility index (Phi) is 6.68. The van der Waals surface area contributed by atoms with Crippen molar-refractivity contribution in [1.29, 1.82) is 0 Å². The van der Waals surface area contributed by atoms with E-state index in [-0.39, 0.29) is 11.9 Å². The van der Waals surface area contributed by atoms with Crippen LogP contribution >= 0.6 is 11.6 Å². The molecule has 0 bridgehead atoms. The Bertz CT molecular complexity index is 469. The summed E-state index contributed by atoms with van der Waals surface area (Å²) < 4.78 is 0. The third kappa shape index (κ3) is 4.97. The number of piperazine rings is 1. The standard InChI is InChI=1S/C17H26ClN3O/c1-3-4-17(22)19-13-16(14-5-7-15(18)8-6-14)21-11-9-20(2)10-12-21/h5-8,16H,3-4,9-13H2,1-2H3,(H,19,22). The Morgan fingerprint density at radius 3 is 2.45 bits per heavy atom. The summed E-state index contributed by atoms with van der Waals surface area (Å²) in [6.45, 7) is 6.85. The molecular formula is C17H26ClN3O. The summed E-state index contributed by atoms with van der Waals surface area (Å²) in [4.78, 5) is 16.6. The number of halogens is 1. The molecule has 1 aliphatic rings. The third-order valence-corrected chi connectivity index (χ3v) is 4.46. The average Bonchev–Trinajstić information content (AvgIpc) is 2.51. The normalized spacial score (nSPS) is 18.1. The Labute approximate surface area is 138 Å². The molecule has 1 amide bonds. The second-order valence-electron chi connectivity index (χ2n) is 5.96. The molecule has 1 saturated heterocycles. The van der Waals surface area contributed by atoms with Crippen LogP contribution < -0.4 is 5.32 Å². The van der Waals surface area contributed by atoms with Gasteiger partial charge in [0.25, 0.3) is 0 Å². The van der Waals surface area contributed by atoms with Gasteiger partial charge in [-0.2, -0.15) is 0 Å². The van der Waals surface area contributed by atoms with E-state index in [0.29, 0.717) is 13.0 Å². The molecule has 2 rings (SSSR count). The van der Waals surface area contributed by atoms with E-state index in [1.807, 2.05) is 19.1 Å². The number of benzene rings is 1. The molecule has 0 spiro atoms. The monoisotopic (exact) mass is 323 g/mol. The van der Waals surface area contributed by atoms with E-state index in [1.165, 1.54) is 5.56 Å². The fourth-order valence-electron chi connectivity index (χ4n) is 2.80. The lowest BCUT2D eigenvalue weighted by Crippen LogP contribution is -2.48. The molecule has 22 heavy (non-hydrogen) atoms. The molecule has 1 unspecified atom stereocenters. The zero-order chi connectivity index (χ0) is 15.9. The summed E-state index contributed by atoms with van der Waals surface area (Å²) >= 11 is 6.00. The predicted molar refractivity (Wildman–Crippen MR) is 91.2 cm³/mol. The topological polar surface area (TPSA) is 35.6 Å². The Morgan fingerprint density at radius 1 is 1.23 bits per heavy atom. The summed E-state index contributed by atoms with van der Waals surface area (Å²) in [5.41, 5.74) is 1.21. The van der Waals surface area contributed by atoms with Crippen LogP contribution in [0.25, 0.3) is 0 Å². The van der Waals surface area contributed by atoms with Crippen molar-refractivity contribution in [3.05, 3.63) is 34.9 Å². The van der Waals surface area contributed by atoms with Crippen LogP contribution in [-0.2, 0) is 4.79 Å². The largest absolute Gasteiger partial charge is 0.354 e. The quantitative estimate of drug-likeness (QED) is 0.874. The molecule has 1 aliphatic heterocycles. The number of hydrogen-bond donors (Lipinski definition) is 1. The molecule has 0 radical (unpaired) electrons. The van der Waals surface area contributed by atoms with Crippen LogP contribution in [0, 0.1) is 0 Å². The lowest BCUT2D eigenvalue weighted by molar-refractivity contribution is -0.121. The maximum atomic E-state index is 11.8. The van der Waals surface area contributed by atoms with Gasteiger partial charge in [0, 0.05) is 44.2 Å². The predicted octanol–water partition coefficient (Wildman–Crippen LogP) is 2.54. The highest BCUT2D eigenvalue weighted by molar-refractivity contribution is 6.30. The van der Waals surface area contributed by atoms with Crippen molar-refractivity contribution >= 4 is 17.5 Å². The van der Waals surface area contributed by atoms with E-state index < -0.39 is 0 Å². The van der Waals surface area contributed by atoms with Gasteiger partial charge in [0.1, 0.15) is 0 Å². The molecule has 0 aromatic heterocycles. The van der Waals surface area contributed by atoms with Gasteiger partial charge in [0.15, 0.2) is 0 Å². The third-order valence-electron chi connectivity index (χ3n) is 4.20. The smallest absolute Gasteiger partial charge is 0.220 e. The van der Waals surface area contributed by atoms with E-state index in [1.54, 1.807) is 0 Å². The lowest BCUT2D eigenvalue weighted by atomic mass is 10.0. The fraction of sp³-hybridized carbons (Fsp3) is 0.588. The van der Waals surface area contributed by atoms with Crippen LogP contribution in [0.2, 0.25) is 5.02 Å². The number of amides is 1. The van der Waals surface area contributed by atoms with Crippen LogP contribution in [-0.4, -0.2) is 55.5 Å². The Balaban J connectivity index is 2.06. The number of rotatable bonds is 6. The highest BCUT2D eigenvalue weighted by Crippen LogP contribution is 2.23. The van der Waals surface area contributed by atoms with Crippen LogP contribution in [0.15, 0.2) is 24.3 Å². The van der Waals surface area contributed by atoms with Crippen LogP contribution in [0.4, 0.5) is 0 Å². The summed E-state index contributed by atoms with van der Waals surface area (Å²) in [5, 5.41) is 3.82. The SMILES string of the molecule is CCCC(=O)NCC(c1ccc(Cl)cc1)N1CCN(C)CC1. The molecule has 0 saturated carbocycles. The van der Waals surface area contributed by atoms with Crippen molar-refractivity contribution in [2.24, 2.45) is 0 Å². The van der Waals surface area contributed by atoms with Gasteiger partial charge in [-0.1, -0.05) is 30.7 Å². The fourth-order valence-corrected chi connectivity index (χ4v) is 2.93. The number of nitrogens with zero attached hydrogens (tertiary/aromatic N) is 2. The highest BCUT2D eigenvalue weighted by Gasteiger charge is 2.24. The number of carbonyl (C=O) groups excluding carboxylic acids is 1. The van der Waals surface area contributed by atoms with Crippen molar-refractivity contribution < 1.29 is 4.79 Å². The van der Waals surface area contributed by atoms with E-state index in [0.717, 1.165) is 37.6 Å². The van der Waals surface area contributed by atoms with Crippen molar-refractivity contribution in [3.8, 4) is 0 Å². The van der Waals surface area contributed by atoms with Crippen molar-refractivity contribution in [2.75, 3.05) is 39.8 Å². The van der Waals surface area contributed by atoms with E-state index in [9.17, 15) is 4.79 Å². The van der Waals surface area contributed by atoms with Crippen molar-refractivity contribution in [1.82, 2.24) is 15.1 Å². The molecule has 5 heteroatoms. The number of carbonyl (C=O) groups is 1. The lowest BCUT2D eigenvalue weighted by Gasteiger charge is -2.38. The average molecular weight is 324 g/mol. The van der Waals surface area contributed by atoms with Gasteiger partial charge >= 0.3 is 0 Å². The zero-order valence-corrected chi connectivity index (χ0v) is 14.3. The van der Waals surface area contributed by atoms with Crippen LogP contribution in [0.1, 0.15) is 31.4 Å². The van der Waals surface area contributed by atoms with Gasteiger partial charge in [-0.05, 0) is 31.2 Å². The molecule has 1 fully saturated rings. The van der Waals surface area contributed by atoms with Gasteiger partial charge < -0.3 is 10.2 Å². The molecular weight excluding hydrogens is 298 g/mol. The van der Waals surface area contributed by atoms with E-state index in [2.05, 4.69) is 34.3 Å².